The van der Waals surface area contributed by atoms with Crippen LogP contribution in [0.25, 0.3) is 0 Å². The minimum absolute atomic E-state index is 0.0491. The van der Waals surface area contributed by atoms with Gasteiger partial charge in [0.2, 0.25) is 5.91 Å². The summed E-state index contributed by atoms with van der Waals surface area (Å²) in [5.41, 5.74) is -0.332. The lowest BCUT2D eigenvalue weighted by Crippen LogP contribution is -2.57. The van der Waals surface area contributed by atoms with Crippen molar-refractivity contribution in [2.45, 2.75) is 70.3 Å². The molecule has 5 fully saturated rings. The van der Waals surface area contributed by atoms with Gasteiger partial charge in [0.1, 0.15) is 11.8 Å². The summed E-state index contributed by atoms with van der Waals surface area (Å²) in [7, 11) is 0. The van der Waals surface area contributed by atoms with E-state index in [1.54, 1.807) is 0 Å². The molecule has 5 saturated carbocycles. The Balaban J connectivity index is 1.49. The van der Waals surface area contributed by atoms with Crippen LogP contribution < -0.4 is 5.32 Å². The number of hydrogen-bond donors (Lipinski definition) is 2. The van der Waals surface area contributed by atoms with Crippen molar-refractivity contribution in [3.05, 3.63) is 0 Å². The summed E-state index contributed by atoms with van der Waals surface area (Å²) >= 11 is 0. The fourth-order valence-electron chi connectivity index (χ4n) is 6.41. The van der Waals surface area contributed by atoms with Crippen LogP contribution in [0.3, 0.4) is 0 Å². The van der Waals surface area contributed by atoms with Gasteiger partial charge in [-0.1, -0.05) is 0 Å². The molecule has 0 saturated heterocycles. The smallest absolute Gasteiger partial charge is 0.326 e. The van der Waals surface area contributed by atoms with Crippen molar-refractivity contribution in [1.29, 1.82) is 0 Å². The monoisotopic (exact) mass is 333 g/mol. The average Bonchev–Trinajstić information content (AvgIpc) is 2.50. The fourth-order valence-corrected chi connectivity index (χ4v) is 6.41. The lowest BCUT2D eigenvalue weighted by Gasteiger charge is -2.55. The zero-order valence-electron chi connectivity index (χ0n) is 14.1. The number of hydrogen-bond acceptors (Lipinski definition) is 3. The first kappa shape index (κ1) is 16.1. The molecule has 24 heavy (non-hydrogen) atoms. The Morgan fingerprint density at radius 3 is 2.17 bits per heavy atom. The highest BCUT2D eigenvalue weighted by atomic mass is 16.4. The summed E-state index contributed by atoms with van der Waals surface area (Å²) in [5.74, 6) is 0.799. The first-order valence-corrected chi connectivity index (χ1v) is 9.51. The number of carbonyl (C=O) groups excluding carboxylic acids is 2. The van der Waals surface area contributed by atoms with Crippen molar-refractivity contribution in [2.24, 2.45) is 29.1 Å². The van der Waals surface area contributed by atoms with E-state index >= 15 is 0 Å². The topological polar surface area (TPSA) is 83.5 Å². The van der Waals surface area contributed by atoms with Crippen molar-refractivity contribution in [3.8, 4) is 0 Å². The van der Waals surface area contributed by atoms with E-state index in [9.17, 15) is 19.5 Å². The maximum atomic E-state index is 13.1. The quantitative estimate of drug-likeness (QED) is 0.828. The third-order valence-electron chi connectivity index (χ3n) is 7.06. The van der Waals surface area contributed by atoms with Crippen LogP contribution >= 0.6 is 0 Å². The maximum Gasteiger partial charge on any atom is 0.326 e. The number of carboxylic acids is 1. The van der Waals surface area contributed by atoms with E-state index in [0.29, 0.717) is 30.6 Å². The lowest BCUT2D eigenvalue weighted by atomic mass is 9.49. The van der Waals surface area contributed by atoms with E-state index in [1.807, 2.05) is 0 Å². The first-order chi connectivity index (χ1) is 11.4. The average molecular weight is 333 g/mol. The molecule has 5 rings (SSSR count). The Labute approximate surface area is 142 Å². The second kappa shape index (κ2) is 5.85. The lowest BCUT2D eigenvalue weighted by molar-refractivity contribution is -0.153. The molecule has 5 heteroatoms. The van der Waals surface area contributed by atoms with Crippen molar-refractivity contribution < 1.29 is 19.5 Å². The first-order valence-electron chi connectivity index (χ1n) is 9.51. The van der Waals surface area contributed by atoms with Gasteiger partial charge in [0, 0.05) is 18.3 Å². The predicted octanol–water partition coefficient (Wildman–Crippen LogP) is 2.53. The highest BCUT2D eigenvalue weighted by Crippen LogP contribution is 2.60. The molecule has 132 valence electrons. The summed E-state index contributed by atoms with van der Waals surface area (Å²) in [4.78, 5) is 36.5. The van der Waals surface area contributed by atoms with Gasteiger partial charge in [0.25, 0.3) is 0 Å². The van der Waals surface area contributed by atoms with Gasteiger partial charge in [-0.05, 0) is 75.0 Å². The van der Waals surface area contributed by atoms with Gasteiger partial charge in [-0.25, -0.2) is 4.79 Å². The van der Waals surface area contributed by atoms with E-state index in [1.165, 1.54) is 19.3 Å². The van der Waals surface area contributed by atoms with Gasteiger partial charge in [0.05, 0.1) is 0 Å². The predicted molar refractivity (Wildman–Crippen MR) is 87.1 cm³/mol. The molecule has 0 unspecified atom stereocenters. The van der Waals surface area contributed by atoms with Crippen LogP contribution in [0, 0.1) is 29.1 Å². The van der Waals surface area contributed by atoms with E-state index in [4.69, 9.17) is 0 Å². The molecule has 1 amide bonds. The maximum absolute atomic E-state index is 13.1. The van der Waals surface area contributed by atoms with Crippen LogP contribution in [0.15, 0.2) is 0 Å². The van der Waals surface area contributed by atoms with Gasteiger partial charge >= 0.3 is 5.97 Å². The molecule has 4 bridgehead atoms. The van der Waals surface area contributed by atoms with E-state index in [-0.39, 0.29) is 29.4 Å². The second-order valence-corrected chi connectivity index (χ2v) is 8.88. The number of amides is 1. The second-order valence-electron chi connectivity index (χ2n) is 8.88. The standard InChI is InChI=1S/C19H27NO4/c21-15-3-1-2-14(7-15)16(17(22)23)20-18(24)19-8-11-4-12(9-19)6-13(5-11)10-19/h11-14,16H,1-10H2,(H,20,24)(H,22,23)/t11?,12?,13?,14-,16-,19?/m0/s1. The number of rotatable bonds is 4. The zero-order valence-corrected chi connectivity index (χ0v) is 14.1. The SMILES string of the molecule is O=C1CCC[C@H]([C@H](NC(=O)C23CC4CC(CC(C4)C2)C3)C(=O)O)C1. The molecule has 2 N–H and O–H groups in total. The molecule has 0 radical (unpaired) electrons. The molecular weight excluding hydrogens is 306 g/mol. The summed E-state index contributed by atoms with van der Waals surface area (Å²) in [6, 6.07) is -0.908. The summed E-state index contributed by atoms with van der Waals surface area (Å²) in [5, 5.41) is 12.5. The highest BCUT2D eigenvalue weighted by Gasteiger charge is 2.55. The molecular formula is C19H27NO4. The van der Waals surface area contributed by atoms with Crippen molar-refractivity contribution in [1.82, 2.24) is 5.32 Å². The summed E-state index contributed by atoms with van der Waals surface area (Å²) in [6.07, 6.45) is 8.85. The van der Waals surface area contributed by atoms with Crippen LogP contribution in [0.5, 0.6) is 0 Å². The normalized spacial score (nSPS) is 41.9. The Morgan fingerprint density at radius 2 is 1.67 bits per heavy atom. The summed E-state index contributed by atoms with van der Waals surface area (Å²) in [6.45, 7) is 0. The van der Waals surface area contributed by atoms with E-state index < -0.39 is 12.0 Å². The van der Waals surface area contributed by atoms with Crippen LogP contribution in [0.4, 0.5) is 0 Å². The molecule has 0 aromatic rings. The van der Waals surface area contributed by atoms with Crippen molar-refractivity contribution >= 4 is 17.7 Å². The minimum atomic E-state index is -0.993. The molecule has 5 aliphatic rings. The van der Waals surface area contributed by atoms with Crippen LogP contribution in [-0.4, -0.2) is 28.8 Å². The largest absolute Gasteiger partial charge is 0.480 e. The van der Waals surface area contributed by atoms with Crippen LogP contribution in [0.2, 0.25) is 0 Å². The Bertz CT molecular complexity index is 534. The number of ketones is 1. The Morgan fingerprint density at radius 1 is 1.08 bits per heavy atom. The molecule has 2 atom stereocenters. The number of nitrogens with one attached hydrogen (secondary N) is 1. The minimum Gasteiger partial charge on any atom is -0.480 e. The zero-order chi connectivity index (χ0) is 16.9. The van der Waals surface area contributed by atoms with Crippen LogP contribution in [-0.2, 0) is 14.4 Å². The van der Waals surface area contributed by atoms with Crippen molar-refractivity contribution in [2.75, 3.05) is 0 Å². The van der Waals surface area contributed by atoms with Gasteiger partial charge in [-0.3, -0.25) is 9.59 Å². The third kappa shape index (κ3) is 2.76. The third-order valence-corrected chi connectivity index (χ3v) is 7.06. The van der Waals surface area contributed by atoms with Gasteiger partial charge in [-0.15, -0.1) is 0 Å². The molecule has 0 aliphatic heterocycles. The van der Waals surface area contributed by atoms with E-state index in [2.05, 4.69) is 5.32 Å². The number of aliphatic carboxylic acids is 1. The van der Waals surface area contributed by atoms with Gasteiger partial charge in [-0.2, -0.15) is 0 Å². The van der Waals surface area contributed by atoms with Crippen LogP contribution in [0.1, 0.15) is 64.2 Å². The number of carboxylic acid groups (broad SMARTS) is 1. The molecule has 5 nitrogen and oxygen atoms in total. The fraction of sp³-hybridized carbons (Fsp3) is 0.842. The Hall–Kier alpha value is -1.39. The van der Waals surface area contributed by atoms with E-state index in [0.717, 1.165) is 25.7 Å². The van der Waals surface area contributed by atoms with Gasteiger partial charge in [0.15, 0.2) is 0 Å². The number of carbonyl (C=O) groups is 3. The Kier molecular flexibility index (Phi) is 3.92. The molecule has 0 aromatic heterocycles. The summed E-state index contributed by atoms with van der Waals surface area (Å²) < 4.78 is 0. The number of Topliss-reactive ketones (excluding diaryl/α,β-unsaturated/α-hetero) is 1. The van der Waals surface area contributed by atoms with Gasteiger partial charge < -0.3 is 10.4 Å². The van der Waals surface area contributed by atoms with Crippen molar-refractivity contribution in [3.63, 3.8) is 0 Å². The molecule has 0 spiro atoms. The highest BCUT2D eigenvalue weighted by molar-refractivity contribution is 5.89. The molecule has 0 heterocycles. The molecule has 0 aromatic carbocycles. The molecule has 5 aliphatic carbocycles.